The average molecular weight is 335 g/mol. The highest BCUT2D eigenvalue weighted by atomic mass is 32.2. The fraction of sp³-hybridized carbons (Fsp3) is 0.353. The molecule has 1 amide bonds. The smallest absolute Gasteiger partial charge is 0.257 e. The standard InChI is InChI=1S/C17H21NO2S2/c1-13-5-3-7-16(14(13)2)20-11-17(19)18-8-10-21-12-15-6-4-9-22-15/h3-7,9H,8,10-12H2,1-2H3,(H,18,19). The monoisotopic (exact) mass is 335 g/mol. The van der Waals surface area contributed by atoms with Crippen LogP contribution in [0.1, 0.15) is 16.0 Å². The van der Waals surface area contributed by atoms with Crippen molar-refractivity contribution < 1.29 is 9.53 Å². The Hall–Kier alpha value is -1.46. The van der Waals surface area contributed by atoms with Gasteiger partial charge in [0.05, 0.1) is 0 Å². The number of carbonyl (C=O) groups is 1. The molecule has 0 atom stereocenters. The summed E-state index contributed by atoms with van der Waals surface area (Å²) in [5.41, 5.74) is 2.25. The summed E-state index contributed by atoms with van der Waals surface area (Å²) in [6, 6.07) is 10.1. The Bertz CT molecular complexity index is 597. The predicted molar refractivity (Wildman–Crippen MR) is 94.9 cm³/mol. The number of hydrogen-bond acceptors (Lipinski definition) is 4. The molecule has 0 saturated carbocycles. The lowest BCUT2D eigenvalue weighted by Gasteiger charge is -2.11. The first-order valence-corrected chi connectivity index (χ1v) is 9.26. The van der Waals surface area contributed by atoms with Gasteiger partial charge in [-0.05, 0) is 42.5 Å². The first-order valence-electron chi connectivity index (χ1n) is 7.22. The number of carbonyl (C=O) groups excluding carboxylic acids is 1. The predicted octanol–water partition coefficient (Wildman–Crippen LogP) is 3.79. The fourth-order valence-electron chi connectivity index (χ4n) is 1.90. The maximum Gasteiger partial charge on any atom is 0.257 e. The van der Waals surface area contributed by atoms with Crippen LogP contribution in [0.25, 0.3) is 0 Å². The minimum atomic E-state index is -0.0716. The zero-order chi connectivity index (χ0) is 15.8. The van der Waals surface area contributed by atoms with E-state index in [1.54, 1.807) is 11.3 Å². The molecule has 22 heavy (non-hydrogen) atoms. The van der Waals surface area contributed by atoms with E-state index in [1.807, 2.05) is 43.8 Å². The van der Waals surface area contributed by atoms with Gasteiger partial charge in [-0.3, -0.25) is 4.79 Å². The molecule has 2 rings (SSSR count). The van der Waals surface area contributed by atoms with Crippen LogP contribution in [-0.4, -0.2) is 24.8 Å². The molecule has 1 N–H and O–H groups in total. The van der Waals surface area contributed by atoms with Gasteiger partial charge in [-0.15, -0.1) is 11.3 Å². The first-order chi connectivity index (χ1) is 10.7. The van der Waals surface area contributed by atoms with Crippen molar-refractivity contribution in [2.24, 2.45) is 0 Å². The lowest BCUT2D eigenvalue weighted by atomic mass is 10.1. The average Bonchev–Trinajstić information content (AvgIpc) is 3.02. The summed E-state index contributed by atoms with van der Waals surface area (Å²) >= 11 is 3.59. The third kappa shape index (κ3) is 5.39. The van der Waals surface area contributed by atoms with E-state index < -0.39 is 0 Å². The molecule has 0 bridgehead atoms. The van der Waals surface area contributed by atoms with E-state index in [1.165, 1.54) is 10.4 Å². The summed E-state index contributed by atoms with van der Waals surface area (Å²) in [5.74, 6) is 2.62. The van der Waals surface area contributed by atoms with Crippen molar-refractivity contribution >= 4 is 29.0 Å². The minimum absolute atomic E-state index is 0.0693. The molecule has 1 aromatic carbocycles. The number of aryl methyl sites for hydroxylation is 1. The number of nitrogens with one attached hydrogen (secondary N) is 1. The van der Waals surface area contributed by atoms with Crippen molar-refractivity contribution in [3.63, 3.8) is 0 Å². The highest BCUT2D eigenvalue weighted by Crippen LogP contribution is 2.20. The van der Waals surface area contributed by atoms with Gasteiger partial charge in [0.15, 0.2) is 6.61 Å². The minimum Gasteiger partial charge on any atom is -0.483 e. The Balaban J connectivity index is 1.60. The van der Waals surface area contributed by atoms with Gasteiger partial charge in [0, 0.05) is 22.9 Å². The normalized spacial score (nSPS) is 10.5. The van der Waals surface area contributed by atoms with Gasteiger partial charge in [0.2, 0.25) is 0 Å². The molecule has 1 heterocycles. The number of benzene rings is 1. The van der Waals surface area contributed by atoms with Crippen LogP contribution in [0.2, 0.25) is 0 Å². The van der Waals surface area contributed by atoms with E-state index in [4.69, 9.17) is 4.74 Å². The molecule has 1 aromatic heterocycles. The Morgan fingerprint density at radius 3 is 2.91 bits per heavy atom. The molecule has 0 aliphatic heterocycles. The maximum atomic E-state index is 11.8. The van der Waals surface area contributed by atoms with Crippen LogP contribution < -0.4 is 10.1 Å². The van der Waals surface area contributed by atoms with E-state index >= 15 is 0 Å². The molecule has 0 radical (unpaired) electrons. The van der Waals surface area contributed by atoms with Crippen molar-refractivity contribution in [1.82, 2.24) is 5.32 Å². The van der Waals surface area contributed by atoms with Crippen LogP contribution in [0, 0.1) is 13.8 Å². The third-order valence-electron chi connectivity index (χ3n) is 3.31. The van der Waals surface area contributed by atoms with E-state index in [0.717, 1.165) is 22.8 Å². The Kier molecular flexibility index (Phi) is 6.80. The summed E-state index contributed by atoms with van der Waals surface area (Å²) in [7, 11) is 0. The highest BCUT2D eigenvalue weighted by molar-refractivity contribution is 7.98. The van der Waals surface area contributed by atoms with Gasteiger partial charge in [-0.1, -0.05) is 18.2 Å². The molecule has 2 aromatic rings. The SMILES string of the molecule is Cc1cccc(OCC(=O)NCCSCc2cccs2)c1C. The van der Waals surface area contributed by atoms with Crippen LogP contribution in [0.3, 0.4) is 0 Å². The van der Waals surface area contributed by atoms with Crippen molar-refractivity contribution in [1.29, 1.82) is 0 Å². The van der Waals surface area contributed by atoms with Crippen LogP contribution in [-0.2, 0) is 10.5 Å². The number of rotatable bonds is 8. The quantitative estimate of drug-likeness (QED) is 0.746. The van der Waals surface area contributed by atoms with Crippen molar-refractivity contribution in [3.05, 3.63) is 51.7 Å². The highest BCUT2D eigenvalue weighted by Gasteiger charge is 2.05. The lowest BCUT2D eigenvalue weighted by Crippen LogP contribution is -2.30. The second kappa shape index (κ2) is 8.86. The topological polar surface area (TPSA) is 38.3 Å². The van der Waals surface area contributed by atoms with Crippen LogP contribution in [0.4, 0.5) is 0 Å². The van der Waals surface area contributed by atoms with Crippen LogP contribution in [0.15, 0.2) is 35.7 Å². The molecule has 0 spiro atoms. The van der Waals surface area contributed by atoms with Crippen LogP contribution in [0.5, 0.6) is 5.75 Å². The van der Waals surface area contributed by atoms with Gasteiger partial charge in [-0.2, -0.15) is 11.8 Å². The Morgan fingerprint density at radius 1 is 1.27 bits per heavy atom. The zero-order valence-electron chi connectivity index (χ0n) is 12.9. The van der Waals surface area contributed by atoms with E-state index in [9.17, 15) is 4.79 Å². The van der Waals surface area contributed by atoms with Crippen molar-refractivity contribution in [3.8, 4) is 5.75 Å². The summed E-state index contributed by atoms with van der Waals surface area (Å²) < 4.78 is 5.58. The molecule has 3 nitrogen and oxygen atoms in total. The molecule has 0 aliphatic carbocycles. The number of thiophene rings is 1. The maximum absolute atomic E-state index is 11.8. The molecule has 0 unspecified atom stereocenters. The molecule has 5 heteroatoms. The fourth-order valence-corrected chi connectivity index (χ4v) is 3.60. The van der Waals surface area contributed by atoms with E-state index in [0.29, 0.717) is 6.54 Å². The number of amides is 1. The van der Waals surface area contributed by atoms with Crippen molar-refractivity contribution in [2.45, 2.75) is 19.6 Å². The summed E-state index contributed by atoms with van der Waals surface area (Å²) in [6.07, 6.45) is 0. The molecule has 0 fully saturated rings. The Morgan fingerprint density at radius 2 is 2.14 bits per heavy atom. The second-order valence-corrected chi connectivity index (χ2v) is 7.11. The Labute approximate surface area is 140 Å². The third-order valence-corrected chi connectivity index (χ3v) is 5.37. The van der Waals surface area contributed by atoms with E-state index in [-0.39, 0.29) is 12.5 Å². The molecular formula is C17H21NO2S2. The molecule has 0 saturated heterocycles. The largest absolute Gasteiger partial charge is 0.483 e. The second-order valence-electron chi connectivity index (χ2n) is 4.97. The number of hydrogen-bond donors (Lipinski definition) is 1. The van der Waals surface area contributed by atoms with Crippen LogP contribution >= 0.6 is 23.1 Å². The lowest BCUT2D eigenvalue weighted by molar-refractivity contribution is -0.122. The zero-order valence-corrected chi connectivity index (χ0v) is 14.6. The van der Waals surface area contributed by atoms with E-state index in [2.05, 4.69) is 22.8 Å². The summed E-state index contributed by atoms with van der Waals surface area (Å²) in [6.45, 7) is 4.78. The van der Waals surface area contributed by atoms with Gasteiger partial charge in [0.25, 0.3) is 5.91 Å². The number of thioether (sulfide) groups is 1. The molecule has 0 aliphatic rings. The van der Waals surface area contributed by atoms with Gasteiger partial charge >= 0.3 is 0 Å². The molecular weight excluding hydrogens is 314 g/mol. The summed E-state index contributed by atoms with van der Waals surface area (Å²) in [5, 5.41) is 4.97. The van der Waals surface area contributed by atoms with Gasteiger partial charge < -0.3 is 10.1 Å². The van der Waals surface area contributed by atoms with Gasteiger partial charge in [-0.25, -0.2) is 0 Å². The first kappa shape index (κ1) is 16.9. The van der Waals surface area contributed by atoms with Gasteiger partial charge in [0.1, 0.15) is 5.75 Å². The van der Waals surface area contributed by atoms with Crippen molar-refractivity contribution in [2.75, 3.05) is 18.9 Å². The summed E-state index contributed by atoms with van der Waals surface area (Å²) in [4.78, 5) is 13.1. The number of ether oxygens (including phenoxy) is 1. The molecule has 118 valence electrons.